The van der Waals surface area contributed by atoms with Gasteiger partial charge in [-0.3, -0.25) is 0 Å². The van der Waals surface area contributed by atoms with Crippen LogP contribution >= 0.6 is 0 Å². The zero-order valence-corrected chi connectivity index (χ0v) is 19.0. The normalized spacial score (nSPS) is 18.6. The average molecular weight is 475 g/mol. The first-order valence-electron chi connectivity index (χ1n) is 11.7. The predicted molar refractivity (Wildman–Crippen MR) is 122 cm³/mol. The summed E-state index contributed by atoms with van der Waals surface area (Å²) in [5.74, 6) is -3.95. The molecule has 0 unspecified atom stereocenters. The van der Waals surface area contributed by atoms with Crippen LogP contribution in [-0.4, -0.2) is 0 Å². The van der Waals surface area contributed by atoms with Crippen LogP contribution in [0.15, 0.2) is 60.7 Å². The summed E-state index contributed by atoms with van der Waals surface area (Å²) in [6, 6.07) is 14.8. The third kappa shape index (κ3) is 5.43. The van der Waals surface area contributed by atoms with Gasteiger partial charge in [0.1, 0.15) is 5.75 Å². The molecule has 180 valence electrons. The zero-order chi connectivity index (χ0) is 24.3. The van der Waals surface area contributed by atoms with Gasteiger partial charge < -0.3 is 4.74 Å². The second kappa shape index (κ2) is 10.2. The Morgan fingerprint density at radius 2 is 1.32 bits per heavy atom. The van der Waals surface area contributed by atoms with Crippen LogP contribution in [0.5, 0.6) is 5.75 Å². The lowest BCUT2D eigenvalue weighted by molar-refractivity contribution is -0.185. The molecule has 1 saturated carbocycles. The third-order valence-electron chi connectivity index (χ3n) is 6.68. The molecule has 0 radical (unpaired) electrons. The largest absolute Gasteiger partial charge is 0.429 e. The topological polar surface area (TPSA) is 9.23 Å². The maximum absolute atomic E-state index is 14.4. The SMILES string of the molecule is CCCC1CCC(c2ccc(-c3ccc(OC(F)(F)c4cc(F)c(F)c(F)c4)cc3)cc2)CC1. The van der Waals surface area contributed by atoms with Crippen molar-refractivity contribution in [3.05, 3.63) is 89.2 Å². The van der Waals surface area contributed by atoms with Crippen LogP contribution in [0.25, 0.3) is 11.1 Å². The number of hydrogen-bond donors (Lipinski definition) is 0. The van der Waals surface area contributed by atoms with Gasteiger partial charge in [-0.1, -0.05) is 56.2 Å². The molecule has 0 N–H and O–H groups in total. The fourth-order valence-corrected chi connectivity index (χ4v) is 4.79. The van der Waals surface area contributed by atoms with Crippen molar-refractivity contribution >= 4 is 0 Å². The van der Waals surface area contributed by atoms with E-state index < -0.39 is 29.1 Å². The molecule has 0 saturated heterocycles. The Kier molecular flexibility index (Phi) is 7.24. The van der Waals surface area contributed by atoms with Crippen LogP contribution in [0.3, 0.4) is 0 Å². The number of benzene rings is 3. The molecule has 1 fully saturated rings. The molecule has 1 nitrogen and oxygen atoms in total. The van der Waals surface area contributed by atoms with Gasteiger partial charge in [0.2, 0.25) is 0 Å². The molecule has 0 spiro atoms. The van der Waals surface area contributed by atoms with E-state index in [0.717, 1.165) is 17.0 Å². The Morgan fingerprint density at radius 1 is 0.794 bits per heavy atom. The molecular formula is C28H27F5O. The molecule has 0 heterocycles. The summed E-state index contributed by atoms with van der Waals surface area (Å²) in [4.78, 5) is 0. The van der Waals surface area contributed by atoms with Crippen LogP contribution in [-0.2, 0) is 6.11 Å². The zero-order valence-electron chi connectivity index (χ0n) is 19.0. The van der Waals surface area contributed by atoms with E-state index in [1.165, 1.54) is 56.2 Å². The minimum Gasteiger partial charge on any atom is -0.429 e. The number of alkyl halides is 2. The first-order chi connectivity index (χ1) is 16.3. The summed E-state index contributed by atoms with van der Waals surface area (Å²) in [5.41, 5.74) is 2.00. The summed E-state index contributed by atoms with van der Waals surface area (Å²) in [6.45, 7) is 2.24. The van der Waals surface area contributed by atoms with Crippen molar-refractivity contribution in [1.82, 2.24) is 0 Å². The molecule has 1 aliphatic carbocycles. The molecule has 0 aliphatic heterocycles. The summed E-state index contributed by atoms with van der Waals surface area (Å²) >= 11 is 0. The molecular weight excluding hydrogens is 447 g/mol. The fourth-order valence-electron chi connectivity index (χ4n) is 4.79. The number of ether oxygens (including phenoxy) is 1. The molecule has 6 heteroatoms. The maximum atomic E-state index is 14.4. The van der Waals surface area contributed by atoms with Gasteiger partial charge in [0.05, 0.1) is 5.56 Å². The van der Waals surface area contributed by atoms with E-state index in [0.29, 0.717) is 5.92 Å². The minimum atomic E-state index is -4.03. The van der Waals surface area contributed by atoms with Crippen LogP contribution in [0.2, 0.25) is 0 Å². The van der Waals surface area contributed by atoms with Crippen LogP contribution in [0.4, 0.5) is 22.0 Å². The van der Waals surface area contributed by atoms with Crippen molar-refractivity contribution in [3.8, 4) is 16.9 Å². The Morgan fingerprint density at radius 3 is 1.85 bits per heavy atom. The summed E-state index contributed by atoms with van der Waals surface area (Å²) in [6.07, 6.45) is 3.52. The summed E-state index contributed by atoms with van der Waals surface area (Å²) in [7, 11) is 0. The van der Waals surface area contributed by atoms with Gasteiger partial charge in [0.15, 0.2) is 17.5 Å². The predicted octanol–water partition coefficient (Wildman–Crippen LogP) is 8.97. The molecule has 3 aromatic rings. The number of hydrogen-bond acceptors (Lipinski definition) is 1. The van der Waals surface area contributed by atoms with Crippen molar-refractivity contribution in [3.63, 3.8) is 0 Å². The first kappa shape index (κ1) is 24.2. The van der Waals surface area contributed by atoms with E-state index in [-0.39, 0.29) is 17.9 Å². The van der Waals surface area contributed by atoms with Gasteiger partial charge in [-0.2, -0.15) is 8.78 Å². The number of halogens is 5. The molecule has 0 amide bonds. The second-order valence-corrected chi connectivity index (χ2v) is 9.03. The highest BCUT2D eigenvalue weighted by Gasteiger charge is 2.36. The van der Waals surface area contributed by atoms with Crippen molar-refractivity contribution in [2.24, 2.45) is 5.92 Å². The van der Waals surface area contributed by atoms with Gasteiger partial charge in [-0.25, -0.2) is 13.2 Å². The van der Waals surface area contributed by atoms with E-state index in [1.54, 1.807) is 12.1 Å². The van der Waals surface area contributed by atoms with Crippen molar-refractivity contribution in [2.75, 3.05) is 0 Å². The van der Waals surface area contributed by atoms with Crippen molar-refractivity contribution in [2.45, 2.75) is 57.5 Å². The lowest BCUT2D eigenvalue weighted by atomic mass is 9.77. The van der Waals surface area contributed by atoms with E-state index in [2.05, 4.69) is 23.8 Å². The lowest BCUT2D eigenvalue weighted by Gasteiger charge is -2.28. The highest BCUT2D eigenvalue weighted by Crippen LogP contribution is 2.38. The number of rotatable bonds is 7. The van der Waals surface area contributed by atoms with E-state index >= 15 is 0 Å². The maximum Gasteiger partial charge on any atom is 0.426 e. The van der Waals surface area contributed by atoms with Gasteiger partial charge in [0.25, 0.3) is 0 Å². The Balaban J connectivity index is 1.41. The van der Waals surface area contributed by atoms with Crippen LogP contribution < -0.4 is 4.74 Å². The summed E-state index contributed by atoms with van der Waals surface area (Å²) in [5, 5.41) is 0. The van der Waals surface area contributed by atoms with Crippen LogP contribution in [0, 0.1) is 23.4 Å². The molecule has 34 heavy (non-hydrogen) atoms. The standard InChI is InChI=1S/C28H27F5O/c1-2-3-18-4-6-19(7-5-18)20-8-10-21(11-9-20)22-12-14-24(15-13-22)34-28(32,33)23-16-25(29)27(31)26(30)17-23/h8-19H,2-7H2,1H3. The van der Waals surface area contributed by atoms with Gasteiger partial charge in [-0.05, 0) is 78.5 Å². The molecule has 0 atom stereocenters. The molecule has 3 aromatic carbocycles. The average Bonchev–Trinajstić information content (AvgIpc) is 2.83. The van der Waals surface area contributed by atoms with E-state index in [4.69, 9.17) is 0 Å². The summed E-state index contributed by atoms with van der Waals surface area (Å²) < 4.78 is 73.2. The van der Waals surface area contributed by atoms with Crippen molar-refractivity contribution < 1.29 is 26.7 Å². The van der Waals surface area contributed by atoms with Crippen molar-refractivity contribution in [1.29, 1.82) is 0 Å². The Labute approximate surface area is 196 Å². The second-order valence-electron chi connectivity index (χ2n) is 9.03. The fraction of sp³-hybridized carbons (Fsp3) is 0.357. The van der Waals surface area contributed by atoms with Gasteiger partial charge in [0, 0.05) is 0 Å². The monoisotopic (exact) mass is 474 g/mol. The third-order valence-corrected chi connectivity index (χ3v) is 6.68. The Bertz CT molecular complexity index is 1080. The highest BCUT2D eigenvalue weighted by molar-refractivity contribution is 5.64. The Hall–Kier alpha value is -2.89. The smallest absolute Gasteiger partial charge is 0.426 e. The highest BCUT2D eigenvalue weighted by atomic mass is 19.3. The van der Waals surface area contributed by atoms with Gasteiger partial charge >= 0.3 is 6.11 Å². The minimum absolute atomic E-state index is 0.181. The first-order valence-corrected chi connectivity index (χ1v) is 11.7. The molecule has 0 bridgehead atoms. The van der Waals surface area contributed by atoms with Gasteiger partial charge in [-0.15, -0.1) is 0 Å². The van der Waals surface area contributed by atoms with Crippen LogP contribution in [0.1, 0.15) is 62.5 Å². The lowest BCUT2D eigenvalue weighted by Crippen LogP contribution is -2.22. The molecule has 4 rings (SSSR count). The molecule has 0 aromatic heterocycles. The molecule has 1 aliphatic rings. The van der Waals surface area contributed by atoms with E-state index in [1.807, 2.05) is 12.1 Å². The van der Waals surface area contributed by atoms with E-state index in [9.17, 15) is 22.0 Å². The quantitative estimate of drug-likeness (QED) is 0.245.